The lowest BCUT2D eigenvalue weighted by atomic mass is 10.1. The molecule has 2 N–H and O–H groups in total. The molecule has 1 fully saturated rings. The van der Waals surface area contributed by atoms with E-state index >= 15 is 0 Å². The lowest BCUT2D eigenvalue weighted by Crippen LogP contribution is -2.26. The number of fused-ring (bicyclic) bond motifs is 1. The first-order valence-electron chi connectivity index (χ1n) is 9.62. The van der Waals surface area contributed by atoms with Gasteiger partial charge in [0.2, 0.25) is 0 Å². The second-order valence-electron chi connectivity index (χ2n) is 7.23. The van der Waals surface area contributed by atoms with Crippen LogP contribution in [0.2, 0.25) is 0 Å². The van der Waals surface area contributed by atoms with Crippen molar-refractivity contribution in [2.24, 2.45) is 0 Å². The number of rotatable bonds is 5. The summed E-state index contributed by atoms with van der Waals surface area (Å²) in [7, 11) is 0. The molecule has 30 heavy (non-hydrogen) atoms. The quantitative estimate of drug-likeness (QED) is 0.501. The molecule has 0 aliphatic heterocycles. The van der Waals surface area contributed by atoms with Gasteiger partial charge in [0, 0.05) is 11.6 Å². The summed E-state index contributed by atoms with van der Waals surface area (Å²) >= 11 is 1.31. The molecule has 1 saturated carbocycles. The Labute approximate surface area is 176 Å². The molecule has 150 valence electrons. The molecule has 1 aliphatic carbocycles. The fourth-order valence-electron chi connectivity index (χ4n) is 3.28. The van der Waals surface area contributed by atoms with Crippen LogP contribution in [0.1, 0.15) is 39.3 Å². The van der Waals surface area contributed by atoms with Crippen LogP contribution in [0.4, 0.5) is 5.00 Å². The van der Waals surface area contributed by atoms with Crippen molar-refractivity contribution in [3.05, 3.63) is 64.7 Å². The third-order valence-corrected chi connectivity index (χ3v) is 5.81. The van der Waals surface area contributed by atoms with Gasteiger partial charge in [-0.2, -0.15) is 0 Å². The number of carbonyl (C=O) groups is 2. The van der Waals surface area contributed by atoms with E-state index in [2.05, 4.69) is 20.8 Å². The Bertz CT molecular complexity index is 1260. The summed E-state index contributed by atoms with van der Waals surface area (Å²) in [5, 5.41) is 12.7. The number of amides is 2. The fourth-order valence-corrected chi connectivity index (χ4v) is 4.06. The SMILES string of the molecule is Cc1noc2nc(-c3ccccc3)cc(C(=O)Nc3sccc3C(=O)NC3CC3)c12. The van der Waals surface area contributed by atoms with Crippen LogP contribution in [0, 0.1) is 6.92 Å². The lowest BCUT2D eigenvalue weighted by molar-refractivity contribution is 0.0952. The van der Waals surface area contributed by atoms with E-state index in [4.69, 9.17) is 4.52 Å². The van der Waals surface area contributed by atoms with Gasteiger partial charge in [0.25, 0.3) is 17.5 Å². The number of aryl methyl sites for hydroxylation is 1. The number of aromatic nitrogens is 2. The van der Waals surface area contributed by atoms with Crippen LogP contribution < -0.4 is 10.6 Å². The largest absolute Gasteiger partial charge is 0.349 e. The zero-order chi connectivity index (χ0) is 20.7. The molecule has 3 heterocycles. The van der Waals surface area contributed by atoms with Gasteiger partial charge in [0.05, 0.1) is 27.9 Å². The summed E-state index contributed by atoms with van der Waals surface area (Å²) in [6.07, 6.45) is 2.00. The summed E-state index contributed by atoms with van der Waals surface area (Å²) < 4.78 is 5.35. The molecule has 0 unspecified atom stereocenters. The highest BCUT2D eigenvalue weighted by Crippen LogP contribution is 2.30. The van der Waals surface area contributed by atoms with Crippen molar-refractivity contribution in [2.75, 3.05) is 5.32 Å². The number of nitrogens with one attached hydrogen (secondary N) is 2. The van der Waals surface area contributed by atoms with Crippen LogP contribution in [-0.2, 0) is 0 Å². The average molecular weight is 418 g/mol. The highest BCUT2D eigenvalue weighted by Gasteiger charge is 2.26. The third-order valence-electron chi connectivity index (χ3n) is 4.98. The summed E-state index contributed by atoms with van der Waals surface area (Å²) in [4.78, 5) is 30.2. The van der Waals surface area contributed by atoms with Gasteiger partial charge in [-0.3, -0.25) is 9.59 Å². The van der Waals surface area contributed by atoms with E-state index in [-0.39, 0.29) is 17.9 Å². The van der Waals surface area contributed by atoms with Gasteiger partial charge in [-0.25, -0.2) is 4.98 Å². The van der Waals surface area contributed by atoms with Gasteiger partial charge in [0.15, 0.2) is 0 Å². The maximum absolute atomic E-state index is 13.2. The van der Waals surface area contributed by atoms with E-state index in [1.165, 1.54) is 11.3 Å². The Morgan fingerprint density at radius 2 is 1.90 bits per heavy atom. The van der Waals surface area contributed by atoms with Crippen LogP contribution in [0.3, 0.4) is 0 Å². The molecule has 0 radical (unpaired) electrons. The molecular weight excluding hydrogens is 400 g/mol. The minimum Gasteiger partial charge on any atom is -0.349 e. The third kappa shape index (κ3) is 3.46. The van der Waals surface area contributed by atoms with Crippen LogP contribution in [0.15, 0.2) is 52.4 Å². The molecule has 1 aliphatic rings. The molecule has 8 heteroatoms. The van der Waals surface area contributed by atoms with Crippen molar-refractivity contribution in [3.8, 4) is 11.3 Å². The standard InChI is InChI=1S/C22H18N4O3S/c1-12-18-16(11-17(24-21(18)29-26-12)13-5-3-2-4-6-13)20(28)25-22-15(9-10-30-22)19(27)23-14-7-8-14/h2-6,9-11,14H,7-8H2,1H3,(H,23,27)(H,25,28). The topological polar surface area (TPSA) is 97.1 Å². The first-order chi connectivity index (χ1) is 14.6. The molecule has 2 amide bonds. The Morgan fingerprint density at radius 3 is 2.67 bits per heavy atom. The molecular formula is C22H18N4O3S. The van der Waals surface area contributed by atoms with Gasteiger partial charge in [-0.05, 0) is 37.3 Å². The summed E-state index contributed by atoms with van der Waals surface area (Å²) in [5.74, 6) is -0.506. The Kier molecular flexibility index (Phi) is 4.55. The number of carbonyl (C=O) groups excluding carboxylic acids is 2. The highest BCUT2D eigenvalue weighted by molar-refractivity contribution is 7.14. The maximum atomic E-state index is 13.2. The van der Waals surface area contributed by atoms with E-state index < -0.39 is 0 Å². The molecule has 3 aromatic heterocycles. The molecule has 4 aromatic rings. The number of thiophene rings is 1. The Hall–Kier alpha value is -3.52. The minimum absolute atomic E-state index is 0.167. The zero-order valence-corrected chi connectivity index (χ0v) is 17.0. The second-order valence-corrected chi connectivity index (χ2v) is 8.15. The van der Waals surface area contributed by atoms with Crippen LogP contribution in [0.25, 0.3) is 22.4 Å². The van der Waals surface area contributed by atoms with Gasteiger partial charge >= 0.3 is 0 Å². The second kappa shape index (κ2) is 7.38. The fraction of sp³-hybridized carbons (Fsp3) is 0.182. The Morgan fingerprint density at radius 1 is 1.10 bits per heavy atom. The number of pyridine rings is 1. The van der Waals surface area contributed by atoms with Crippen molar-refractivity contribution in [1.29, 1.82) is 0 Å². The van der Waals surface area contributed by atoms with Crippen LogP contribution in [-0.4, -0.2) is 28.0 Å². The molecule has 5 rings (SSSR count). The van der Waals surface area contributed by atoms with E-state index in [1.807, 2.05) is 30.3 Å². The normalized spacial score (nSPS) is 13.4. The number of anilines is 1. The molecule has 0 spiro atoms. The van der Waals surface area contributed by atoms with Gasteiger partial charge in [0.1, 0.15) is 5.00 Å². The number of nitrogens with zero attached hydrogens (tertiary/aromatic N) is 2. The zero-order valence-electron chi connectivity index (χ0n) is 16.1. The monoisotopic (exact) mass is 418 g/mol. The minimum atomic E-state index is -0.339. The summed E-state index contributed by atoms with van der Waals surface area (Å²) in [5.41, 5.74) is 3.23. The van der Waals surface area contributed by atoms with E-state index in [1.54, 1.807) is 24.4 Å². The first kappa shape index (κ1) is 18.5. The van der Waals surface area contributed by atoms with E-state index in [0.29, 0.717) is 38.6 Å². The van der Waals surface area contributed by atoms with Crippen molar-refractivity contribution >= 4 is 39.3 Å². The number of hydrogen-bond acceptors (Lipinski definition) is 6. The van der Waals surface area contributed by atoms with Gasteiger partial charge < -0.3 is 15.2 Å². The van der Waals surface area contributed by atoms with Gasteiger partial charge in [-0.15, -0.1) is 11.3 Å². The van der Waals surface area contributed by atoms with Crippen molar-refractivity contribution in [3.63, 3.8) is 0 Å². The predicted molar refractivity (Wildman–Crippen MR) is 115 cm³/mol. The molecule has 0 saturated heterocycles. The average Bonchev–Trinajstić information content (AvgIpc) is 3.31. The van der Waals surface area contributed by atoms with Crippen molar-refractivity contribution < 1.29 is 14.1 Å². The highest BCUT2D eigenvalue weighted by atomic mass is 32.1. The smallest absolute Gasteiger partial charge is 0.259 e. The van der Waals surface area contributed by atoms with Crippen LogP contribution in [0.5, 0.6) is 0 Å². The number of benzene rings is 1. The van der Waals surface area contributed by atoms with Crippen molar-refractivity contribution in [2.45, 2.75) is 25.8 Å². The van der Waals surface area contributed by atoms with E-state index in [0.717, 1.165) is 18.4 Å². The summed E-state index contributed by atoms with van der Waals surface area (Å²) in [6.45, 7) is 1.77. The lowest BCUT2D eigenvalue weighted by Gasteiger charge is -2.09. The Balaban J connectivity index is 1.51. The van der Waals surface area contributed by atoms with Crippen LogP contribution >= 0.6 is 11.3 Å². The summed E-state index contributed by atoms with van der Waals surface area (Å²) in [6, 6.07) is 13.3. The molecule has 0 atom stereocenters. The van der Waals surface area contributed by atoms with E-state index in [9.17, 15) is 9.59 Å². The first-order valence-corrected chi connectivity index (χ1v) is 10.5. The van der Waals surface area contributed by atoms with Crippen molar-refractivity contribution in [1.82, 2.24) is 15.5 Å². The predicted octanol–water partition coefficient (Wildman–Crippen LogP) is 4.40. The van der Waals surface area contributed by atoms with Gasteiger partial charge in [-0.1, -0.05) is 35.5 Å². The molecule has 1 aromatic carbocycles. The molecule has 0 bridgehead atoms. The number of hydrogen-bond donors (Lipinski definition) is 2. The maximum Gasteiger partial charge on any atom is 0.259 e. The molecule has 7 nitrogen and oxygen atoms in total.